The number of nitrogens with zero attached hydrogens (tertiary/aromatic N) is 5. The molecular weight excluding hydrogens is 372 g/mol. The molecule has 2 heterocycles. The van der Waals surface area contributed by atoms with Crippen LogP contribution in [-0.2, 0) is 12.5 Å². The summed E-state index contributed by atoms with van der Waals surface area (Å²) in [7, 11) is 1.84. The number of fused-ring (bicyclic) bond motifs is 1. The average Bonchev–Trinajstić information content (AvgIpc) is 3.28. The van der Waals surface area contributed by atoms with E-state index in [4.69, 9.17) is 0 Å². The van der Waals surface area contributed by atoms with E-state index in [1.54, 1.807) is 28.2 Å². The third-order valence-corrected chi connectivity index (χ3v) is 8.10. The van der Waals surface area contributed by atoms with Gasteiger partial charge in [0.25, 0.3) is 5.91 Å². The van der Waals surface area contributed by atoms with Crippen molar-refractivity contribution < 1.29 is 4.79 Å². The fraction of sp³-hybridized carbons (Fsp3) is 0.550. The molecular formula is C20H22N6OS. The lowest BCUT2D eigenvalue weighted by Crippen LogP contribution is -2.48. The van der Waals surface area contributed by atoms with Gasteiger partial charge in [-0.25, -0.2) is 4.68 Å². The van der Waals surface area contributed by atoms with E-state index in [-0.39, 0.29) is 11.3 Å². The van der Waals surface area contributed by atoms with E-state index in [1.807, 2.05) is 13.1 Å². The number of aryl methyl sites for hydroxylation is 1. The van der Waals surface area contributed by atoms with Gasteiger partial charge in [0.15, 0.2) is 0 Å². The molecule has 7 rings (SSSR count). The van der Waals surface area contributed by atoms with Crippen LogP contribution in [-0.4, -0.2) is 31.1 Å². The Balaban J connectivity index is 1.24. The molecule has 3 aromatic rings. The average molecular weight is 395 g/mol. The van der Waals surface area contributed by atoms with E-state index < -0.39 is 0 Å². The molecule has 4 aliphatic carbocycles. The van der Waals surface area contributed by atoms with Crippen molar-refractivity contribution >= 4 is 33.4 Å². The Morgan fingerprint density at radius 1 is 1.11 bits per heavy atom. The zero-order valence-electron chi connectivity index (χ0n) is 15.8. The van der Waals surface area contributed by atoms with Crippen molar-refractivity contribution in [3.63, 3.8) is 0 Å². The minimum atomic E-state index is -0.180. The molecule has 28 heavy (non-hydrogen) atoms. The summed E-state index contributed by atoms with van der Waals surface area (Å²) < 4.78 is 1.69. The highest BCUT2D eigenvalue weighted by Gasteiger charge is 2.53. The number of hydrogen-bond donors (Lipinski definition) is 1. The summed E-state index contributed by atoms with van der Waals surface area (Å²) in [4.78, 5) is 12.7. The summed E-state index contributed by atoms with van der Waals surface area (Å²) in [6, 6.07) is 5.42. The van der Waals surface area contributed by atoms with E-state index in [0.717, 1.165) is 28.3 Å². The zero-order valence-corrected chi connectivity index (χ0v) is 16.6. The Kier molecular flexibility index (Phi) is 3.45. The van der Waals surface area contributed by atoms with Gasteiger partial charge in [0.1, 0.15) is 10.5 Å². The minimum Gasteiger partial charge on any atom is -0.296 e. The molecule has 7 nitrogen and oxygen atoms in total. The number of carbonyl (C=O) groups is 1. The molecule has 1 amide bonds. The number of carbonyl (C=O) groups excluding carboxylic acids is 1. The zero-order chi connectivity index (χ0) is 18.9. The Morgan fingerprint density at radius 3 is 2.54 bits per heavy atom. The van der Waals surface area contributed by atoms with Gasteiger partial charge in [-0.1, -0.05) is 16.6 Å². The second-order valence-corrected chi connectivity index (χ2v) is 9.96. The lowest BCUT2D eigenvalue weighted by atomic mass is 9.50. The minimum absolute atomic E-state index is 0.180. The third-order valence-electron chi connectivity index (χ3n) is 7.01. The highest BCUT2D eigenvalue weighted by Crippen LogP contribution is 2.61. The number of aromatic nitrogens is 5. The molecule has 4 aliphatic rings. The maximum Gasteiger partial charge on any atom is 0.257 e. The number of amides is 1. The predicted molar refractivity (Wildman–Crippen MR) is 106 cm³/mol. The molecule has 144 valence electrons. The van der Waals surface area contributed by atoms with Crippen LogP contribution >= 0.6 is 11.3 Å². The van der Waals surface area contributed by atoms with Crippen molar-refractivity contribution in [1.29, 1.82) is 0 Å². The SMILES string of the molecule is Cn1nnc2cc(C(=O)Nc3nnc(C45CC6CC(CC(C6)C4)C5)s3)ccc21. The molecule has 0 radical (unpaired) electrons. The lowest BCUT2D eigenvalue weighted by Gasteiger charge is -2.55. The fourth-order valence-electron chi connectivity index (χ4n) is 6.21. The van der Waals surface area contributed by atoms with Gasteiger partial charge >= 0.3 is 0 Å². The Bertz CT molecular complexity index is 1050. The molecule has 0 spiro atoms. The van der Waals surface area contributed by atoms with Crippen LogP contribution in [0.3, 0.4) is 0 Å². The molecule has 0 atom stereocenters. The van der Waals surface area contributed by atoms with Crippen LogP contribution in [0, 0.1) is 17.8 Å². The van der Waals surface area contributed by atoms with E-state index >= 15 is 0 Å². The number of anilines is 1. The summed E-state index contributed by atoms with van der Waals surface area (Å²) in [5.41, 5.74) is 2.38. The second kappa shape index (κ2) is 5.83. The largest absolute Gasteiger partial charge is 0.296 e. The van der Waals surface area contributed by atoms with Gasteiger partial charge < -0.3 is 0 Å². The first-order valence-electron chi connectivity index (χ1n) is 10.0. The molecule has 0 aliphatic heterocycles. The predicted octanol–water partition coefficient (Wildman–Crippen LogP) is 3.54. The highest BCUT2D eigenvalue weighted by atomic mass is 32.1. The Hall–Kier alpha value is -2.35. The van der Waals surface area contributed by atoms with Crippen molar-refractivity contribution in [2.45, 2.75) is 43.9 Å². The summed E-state index contributed by atoms with van der Waals surface area (Å²) >= 11 is 1.57. The van der Waals surface area contributed by atoms with Crippen molar-refractivity contribution in [1.82, 2.24) is 25.2 Å². The lowest BCUT2D eigenvalue weighted by molar-refractivity contribution is -0.00555. The van der Waals surface area contributed by atoms with Gasteiger partial charge in [-0.05, 0) is 74.5 Å². The topological polar surface area (TPSA) is 85.6 Å². The molecule has 4 fully saturated rings. The second-order valence-electron chi connectivity index (χ2n) is 8.98. The summed E-state index contributed by atoms with van der Waals surface area (Å²) in [6.45, 7) is 0. The van der Waals surface area contributed by atoms with Gasteiger partial charge in [0.2, 0.25) is 5.13 Å². The monoisotopic (exact) mass is 394 g/mol. The van der Waals surface area contributed by atoms with Crippen LogP contribution in [0.4, 0.5) is 5.13 Å². The van der Waals surface area contributed by atoms with E-state index in [0.29, 0.717) is 16.2 Å². The maximum atomic E-state index is 12.7. The van der Waals surface area contributed by atoms with Crippen LogP contribution in [0.5, 0.6) is 0 Å². The Labute approximate surface area is 166 Å². The third kappa shape index (κ3) is 2.50. The fourth-order valence-corrected chi connectivity index (χ4v) is 7.17. The van der Waals surface area contributed by atoms with Crippen LogP contribution in [0.1, 0.15) is 53.9 Å². The number of benzene rings is 1. The van der Waals surface area contributed by atoms with Crippen molar-refractivity contribution in [3.05, 3.63) is 28.8 Å². The van der Waals surface area contributed by atoms with Gasteiger partial charge in [-0.3, -0.25) is 10.1 Å². The molecule has 1 aromatic carbocycles. The summed E-state index contributed by atoms with van der Waals surface area (Å²) in [5.74, 6) is 2.42. The Morgan fingerprint density at radius 2 is 1.82 bits per heavy atom. The standard InChI is InChI=1S/C20H22N6OS/c1-26-16-3-2-14(7-15(16)22-25-26)17(27)21-19-24-23-18(28-19)20-8-11-4-12(9-20)6-13(5-11)10-20/h2-3,7,11-13H,4-6,8-10H2,1H3,(H,21,24,27). The van der Waals surface area contributed by atoms with Gasteiger partial charge in [0, 0.05) is 18.0 Å². The van der Waals surface area contributed by atoms with E-state index in [2.05, 4.69) is 25.8 Å². The van der Waals surface area contributed by atoms with Gasteiger partial charge in [0.05, 0.1) is 5.52 Å². The highest BCUT2D eigenvalue weighted by molar-refractivity contribution is 7.15. The van der Waals surface area contributed by atoms with Crippen LogP contribution in [0.2, 0.25) is 0 Å². The van der Waals surface area contributed by atoms with Crippen LogP contribution in [0.25, 0.3) is 11.0 Å². The smallest absolute Gasteiger partial charge is 0.257 e. The van der Waals surface area contributed by atoms with Crippen LogP contribution < -0.4 is 5.32 Å². The normalized spacial score (nSPS) is 30.8. The van der Waals surface area contributed by atoms with E-state index in [9.17, 15) is 4.79 Å². The first-order chi connectivity index (χ1) is 13.6. The summed E-state index contributed by atoms with van der Waals surface area (Å²) in [6.07, 6.45) is 7.99. The van der Waals surface area contributed by atoms with E-state index in [1.165, 1.54) is 38.5 Å². The molecule has 4 bridgehead atoms. The van der Waals surface area contributed by atoms with Gasteiger partial charge in [-0.2, -0.15) is 0 Å². The number of rotatable bonds is 3. The first kappa shape index (κ1) is 16.6. The first-order valence-corrected chi connectivity index (χ1v) is 10.8. The van der Waals surface area contributed by atoms with Crippen LogP contribution in [0.15, 0.2) is 18.2 Å². The molecule has 0 unspecified atom stereocenters. The quantitative estimate of drug-likeness (QED) is 0.734. The van der Waals surface area contributed by atoms with Crippen molar-refractivity contribution in [2.75, 3.05) is 5.32 Å². The molecule has 4 saturated carbocycles. The number of hydrogen-bond acceptors (Lipinski definition) is 6. The molecule has 2 aromatic heterocycles. The van der Waals surface area contributed by atoms with Crippen molar-refractivity contribution in [3.8, 4) is 0 Å². The molecule has 1 N–H and O–H groups in total. The maximum absolute atomic E-state index is 12.7. The van der Waals surface area contributed by atoms with Gasteiger partial charge in [-0.15, -0.1) is 15.3 Å². The number of nitrogens with one attached hydrogen (secondary N) is 1. The van der Waals surface area contributed by atoms with Crippen molar-refractivity contribution in [2.24, 2.45) is 24.8 Å². The summed E-state index contributed by atoms with van der Waals surface area (Å²) in [5, 5.41) is 21.6. The molecule has 0 saturated heterocycles. The molecule has 8 heteroatoms.